The average molecular weight is 373 g/mol. The second-order valence-electron chi connectivity index (χ2n) is 6.36. The third-order valence-corrected chi connectivity index (χ3v) is 4.55. The lowest BCUT2D eigenvalue weighted by Gasteiger charge is -2.30. The maximum atomic E-state index is 13.0. The van der Waals surface area contributed by atoms with E-state index in [-0.39, 0.29) is 18.2 Å². The van der Waals surface area contributed by atoms with E-state index in [1.54, 1.807) is 24.1 Å². The molecule has 0 aliphatic rings. The molecule has 0 fully saturated rings. The molecule has 2 aromatic rings. The van der Waals surface area contributed by atoms with Gasteiger partial charge in [-0.25, -0.2) is 0 Å². The van der Waals surface area contributed by atoms with Gasteiger partial charge in [-0.2, -0.15) is 0 Å². The Kier molecular flexibility index (Phi) is 7.22. The molecular formula is C21H25ClN2O2. The quantitative estimate of drug-likeness (QED) is 0.804. The van der Waals surface area contributed by atoms with Crippen molar-refractivity contribution >= 4 is 23.4 Å². The molecule has 0 saturated heterocycles. The summed E-state index contributed by atoms with van der Waals surface area (Å²) < 4.78 is 0. The van der Waals surface area contributed by atoms with Crippen LogP contribution in [0.4, 0.5) is 0 Å². The zero-order valence-electron chi connectivity index (χ0n) is 15.5. The summed E-state index contributed by atoms with van der Waals surface area (Å²) in [6.45, 7) is 4.32. The number of nitrogens with one attached hydrogen (secondary N) is 1. The molecule has 2 amide bonds. The normalized spacial score (nSPS) is 11.7. The number of benzene rings is 2. The monoisotopic (exact) mass is 372 g/mol. The summed E-state index contributed by atoms with van der Waals surface area (Å²) in [5.41, 5.74) is 2.97. The lowest BCUT2D eigenvalue weighted by Crippen LogP contribution is -2.48. The highest BCUT2D eigenvalue weighted by Gasteiger charge is 2.28. The first-order chi connectivity index (χ1) is 12.4. The Balaban J connectivity index is 2.28. The molecule has 26 heavy (non-hydrogen) atoms. The number of carbonyl (C=O) groups is 2. The van der Waals surface area contributed by atoms with Crippen molar-refractivity contribution in [1.82, 2.24) is 10.2 Å². The highest BCUT2D eigenvalue weighted by atomic mass is 35.5. The van der Waals surface area contributed by atoms with E-state index in [2.05, 4.69) is 5.32 Å². The van der Waals surface area contributed by atoms with Crippen molar-refractivity contribution in [1.29, 1.82) is 0 Å². The number of rotatable bonds is 7. The van der Waals surface area contributed by atoms with Crippen molar-refractivity contribution in [3.63, 3.8) is 0 Å². The molecule has 0 aromatic heterocycles. The summed E-state index contributed by atoms with van der Waals surface area (Å²) >= 11 is 6.03. The van der Waals surface area contributed by atoms with Gasteiger partial charge in [0.25, 0.3) is 0 Å². The first-order valence-corrected chi connectivity index (χ1v) is 9.13. The Labute approximate surface area is 160 Å². The van der Waals surface area contributed by atoms with Crippen LogP contribution >= 0.6 is 11.6 Å². The number of likely N-dealkylation sites (N-methyl/N-ethyl adjacent to an activating group) is 1. The van der Waals surface area contributed by atoms with Crippen LogP contribution in [0.5, 0.6) is 0 Å². The molecule has 0 heterocycles. The van der Waals surface area contributed by atoms with E-state index in [0.717, 1.165) is 16.7 Å². The summed E-state index contributed by atoms with van der Waals surface area (Å²) in [5, 5.41) is 3.26. The number of hydrogen-bond acceptors (Lipinski definition) is 2. The van der Waals surface area contributed by atoms with Crippen LogP contribution < -0.4 is 5.32 Å². The van der Waals surface area contributed by atoms with Crippen LogP contribution in [-0.4, -0.2) is 29.8 Å². The standard InChI is InChI=1S/C21H25ClN2O2/c1-4-19(21(26)23-3)24(14-17-9-5-7-15(2)11-17)20(25)13-16-8-6-10-18(22)12-16/h5-12,19H,4,13-14H2,1-3H3,(H,23,26)/t19-/m1/s1. The molecule has 0 spiro atoms. The third kappa shape index (κ3) is 5.33. The van der Waals surface area contributed by atoms with Crippen LogP contribution in [0.2, 0.25) is 5.02 Å². The van der Waals surface area contributed by atoms with E-state index < -0.39 is 6.04 Å². The molecule has 138 valence electrons. The second kappa shape index (κ2) is 9.39. The highest BCUT2D eigenvalue weighted by molar-refractivity contribution is 6.30. The van der Waals surface area contributed by atoms with Crippen LogP contribution in [0, 0.1) is 6.92 Å². The van der Waals surface area contributed by atoms with Crippen LogP contribution in [0.15, 0.2) is 48.5 Å². The van der Waals surface area contributed by atoms with Crippen LogP contribution in [0.3, 0.4) is 0 Å². The Morgan fingerprint density at radius 2 is 1.81 bits per heavy atom. The molecule has 0 bridgehead atoms. The molecule has 1 N–H and O–H groups in total. The molecule has 2 aromatic carbocycles. The predicted molar refractivity (Wildman–Crippen MR) is 105 cm³/mol. The van der Waals surface area contributed by atoms with Gasteiger partial charge in [-0.15, -0.1) is 0 Å². The summed E-state index contributed by atoms with van der Waals surface area (Å²) in [4.78, 5) is 27.0. The minimum atomic E-state index is -0.507. The molecule has 4 nitrogen and oxygen atoms in total. The van der Waals surface area contributed by atoms with Gasteiger partial charge < -0.3 is 10.2 Å². The van der Waals surface area contributed by atoms with Crippen molar-refractivity contribution in [2.24, 2.45) is 0 Å². The number of aryl methyl sites for hydroxylation is 1. The summed E-state index contributed by atoms with van der Waals surface area (Å²) in [6, 6.07) is 14.7. The Hall–Kier alpha value is -2.33. The Bertz CT molecular complexity index is 776. The molecule has 0 aliphatic carbocycles. The van der Waals surface area contributed by atoms with E-state index in [4.69, 9.17) is 11.6 Å². The third-order valence-electron chi connectivity index (χ3n) is 4.31. The van der Waals surface area contributed by atoms with Crippen molar-refractivity contribution in [2.75, 3.05) is 7.05 Å². The zero-order chi connectivity index (χ0) is 19.1. The smallest absolute Gasteiger partial charge is 0.242 e. The SMILES string of the molecule is CC[C@H](C(=O)NC)N(Cc1cccc(C)c1)C(=O)Cc1cccc(Cl)c1. The maximum absolute atomic E-state index is 13.0. The fourth-order valence-corrected chi connectivity index (χ4v) is 3.23. The molecule has 0 radical (unpaired) electrons. The van der Waals surface area contributed by atoms with E-state index >= 15 is 0 Å². The lowest BCUT2D eigenvalue weighted by molar-refractivity contribution is -0.140. The number of nitrogens with zero attached hydrogens (tertiary/aromatic N) is 1. The molecular weight excluding hydrogens is 348 g/mol. The minimum Gasteiger partial charge on any atom is -0.357 e. The molecule has 0 aliphatic heterocycles. The first-order valence-electron chi connectivity index (χ1n) is 8.75. The van der Waals surface area contributed by atoms with Gasteiger partial charge in [-0.1, -0.05) is 60.5 Å². The first kappa shape index (κ1) is 20.0. The van der Waals surface area contributed by atoms with E-state index in [1.165, 1.54) is 0 Å². The van der Waals surface area contributed by atoms with Crippen LogP contribution in [0.25, 0.3) is 0 Å². The number of hydrogen-bond donors (Lipinski definition) is 1. The average Bonchev–Trinajstić information content (AvgIpc) is 2.61. The number of carbonyl (C=O) groups excluding carboxylic acids is 2. The van der Waals surface area contributed by atoms with Gasteiger partial charge in [-0.05, 0) is 36.6 Å². The second-order valence-corrected chi connectivity index (χ2v) is 6.79. The van der Waals surface area contributed by atoms with Crippen LogP contribution in [-0.2, 0) is 22.6 Å². The molecule has 1 atom stereocenters. The minimum absolute atomic E-state index is 0.0933. The van der Waals surface area contributed by atoms with Crippen molar-refractivity contribution in [3.8, 4) is 0 Å². The summed E-state index contributed by atoms with van der Waals surface area (Å²) in [7, 11) is 1.59. The maximum Gasteiger partial charge on any atom is 0.242 e. The number of halogens is 1. The van der Waals surface area contributed by atoms with Crippen molar-refractivity contribution in [2.45, 2.75) is 39.3 Å². The Morgan fingerprint density at radius 3 is 2.42 bits per heavy atom. The van der Waals surface area contributed by atoms with Gasteiger partial charge >= 0.3 is 0 Å². The summed E-state index contributed by atoms with van der Waals surface area (Å²) in [6.07, 6.45) is 0.757. The zero-order valence-corrected chi connectivity index (χ0v) is 16.2. The molecule has 2 rings (SSSR count). The molecule has 0 unspecified atom stereocenters. The fourth-order valence-electron chi connectivity index (χ4n) is 3.02. The Morgan fingerprint density at radius 1 is 1.12 bits per heavy atom. The fraction of sp³-hybridized carbons (Fsp3) is 0.333. The lowest BCUT2D eigenvalue weighted by atomic mass is 10.1. The van der Waals surface area contributed by atoms with Crippen LogP contribution in [0.1, 0.15) is 30.0 Å². The molecule has 5 heteroatoms. The highest BCUT2D eigenvalue weighted by Crippen LogP contribution is 2.17. The predicted octanol–water partition coefficient (Wildman–Crippen LogP) is 3.74. The van der Waals surface area contributed by atoms with Crippen molar-refractivity contribution < 1.29 is 9.59 Å². The van der Waals surface area contributed by atoms with Gasteiger partial charge in [0.15, 0.2) is 0 Å². The van der Waals surface area contributed by atoms with E-state index in [1.807, 2.05) is 50.2 Å². The van der Waals surface area contributed by atoms with Gasteiger partial charge in [-0.3, -0.25) is 9.59 Å². The summed E-state index contributed by atoms with van der Waals surface area (Å²) in [5.74, 6) is -0.246. The van der Waals surface area contributed by atoms with Gasteiger partial charge in [0.05, 0.1) is 6.42 Å². The van der Waals surface area contributed by atoms with Crippen molar-refractivity contribution in [3.05, 3.63) is 70.2 Å². The van der Waals surface area contributed by atoms with E-state index in [0.29, 0.717) is 18.0 Å². The number of amides is 2. The van der Waals surface area contributed by atoms with E-state index in [9.17, 15) is 9.59 Å². The van der Waals surface area contributed by atoms with Gasteiger partial charge in [0, 0.05) is 18.6 Å². The topological polar surface area (TPSA) is 49.4 Å². The largest absolute Gasteiger partial charge is 0.357 e. The van der Waals surface area contributed by atoms with Gasteiger partial charge in [0.1, 0.15) is 6.04 Å². The molecule has 0 saturated carbocycles. The van der Waals surface area contributed by atoms with Gasteiger partial charge in [0.2, 0.25) is 11.8 Å².